The number of nitrogens with zero attached hydrogens (tertiary/aromatic N) is 2. The van der Waals surface area contributed by atoms with E-state index in [-0.39, 0.29) is 17.9 Å². The van der Waals surface area contributed by atoms with E-state index in [1.807, 2.05) is 68.5 Å². The minimum absolute atomic E-state index is 0.0807. The van der Waals surface area contributed by atoms with E-state index in [9.17, 15) is 4.79 Å². The third-order valence-electron chi connectivity index (χ3n) is 4.54. The van der Waals surface area contributed by atoms with Crippen molar-refractivity contribution in [2.45, 2.75) is 33.2 Å². The number of aliphatic imine (C=N–C) groups is 1. The maximum atomic E-state index is 12.3. The predicted molar refractivity (Wildman–Crippen MR) is 120 cm³/mol. The summed E-state index contributed by atoms with van der Waals surface area (Å²) in [7, 11) is 0. The fourth-order valence-corrected chi connectivity index (χ4v) is 3.21. The summed E-state index contributed by atoms with van der Waals surface area (Å²) < 4.78 is 0. The lowest BCUT2D eigenvalue weighted by molar-refractivity contribution is -0.115. The molecule has 2 aromatic rings. The first-order valence-electron chi connectivity index (χ1n) is 9.74. The monoisotopic (exact) mass is 386 g/mol. The van der Waals surface area contributed by atoms with Crippen molar-refractivity contribution >= 4 is 28.6 Å². The molecule has 1 amide bonds. The van der Waals surface area contributed by atoms with Gasteiger partial charge in [0.25, 0.3) is 0 Å². The Morgan fingerprint density at radius 2 is 1.97 bits per heavy atom. The van der Waals surface area contributed by atoms with Crippen LogP contribution >= 0.6 is 0 Å². The molecule has 5 heteroatoms. The van der Waals surface area contributed by atoms with Gasteiger partial charge in [0.2, 0.25) is 5.91 Å². The Morgan fingerprint density at radius 3 is 2.66 bits per heavy atom. The van der Waals surface area contributed by atoms with Gasteiger partial charge in [0.1, 0.15) is 0 Å². The number of benzene rings is 1. The number of nitrogens with one attached hydrogen (secondary N) is 2. The molecule has 0 bridgehead atoms. The largest absolute Gasteiger partial charge is 0.324 e. The van der Waals surface area contributed by atoms with Crippen LogP contribution in [-0.2, 0) is 11.2 Å². The zero-order valence-electron chi connectivity index (χ0n) is 17.0. The molecule has 1 aliphatic rings. The minimum Gasteiger partial charge on any atom is -0.324 e. The second-order valence-electron chi connectivity index (χ2n) is 7.44. The van der Waals surface area contributed by atoms with Crippen LogP contribution in [0, 0.1) is 11.3 Å². The minimum atomic E-state index is -0.145. The number of allylic oxidation sites excluding steroid dienone is 4. The highest BCUT2D eigenvalue weighted by Crippen LogP contribution is 2.26. The Kier molecular flexibility index (Phi) is 6.50. The first kappa shape index (κ1) is 20.4. The van der Waals surface area contributed by atoms with Crippen molar-refractivity contribution in [2.75, 3.05) is 5.32 Å². The van der Waals surface area contributed by atoms with Crippen LogP contribution in [0.4, 0.5) is 5.69 Å². The van der Waals surface area contributed by atoms with Crippen LogP contribution in [0.5, 0.6) is 0 Å². The average Bonchev–Trinajstić information content (AvgIpc) is 2.68. The molecule has 0 radical (unpaired) electrons. The van der Waals surface area contributed by atoms with Gasteiger partial charge in [-0.25, -0.2) is 0 Å². The number of pyridine rings is 1. The molecule has 0 fully saturated rings. The fourth-order valence-electron chi connectivity index (χ4n) is 3.21. The van der Waals surface area contributed by atoms with Gasteiger partial charge in [0, 0.05) is 29.2 Å². The first-order chi connectivity index (χ1) is 13.9. The number of anilines is 1. The van der Waals surface area contributed by atoms with E-state index in [1.54, 1.807) is 19.3 Å². The Morgan fingerprint density at radius 1 is 1.21 bits per heavy atom. The van der Waals surface area contributed by atoms with E-state index >= 15 is 0 Å². The number of rotatable bonds is 6. The molecular formula is C24H26N4O. The van der Waals surface area contributed by atoms with Gasteiger partial charge in [-0.1, -0.05) is 42.5 Å². The smallest absolute Gasteiger partial charge is 0.228 e. The molecule has 2 N–H and O–H groups in total. The summed E-state index contributed by atoms with van der Waals surface area (Å²) in [5.74, 6) is -0.225. The molecule has 3 rings (SSSR count). The SMILES string of the molecule is CC(=N)C1C=C(c2cncc(NC(=O)Cc3ccccc3)c2)C=CC1=NC(C)C. The highest BCUT2D eigenvalue weighted by molar-refractivity contribution is 6.15. The van der Waals surface area contributed by atoms with Crippen LogP contribution < -0.4 is 5.32 Å². The van der Waals surface area contributed by atoms with E-state index in [0.29, 0.717) is 17.8 Å². The molecule has 1 aliphatic carbocycles. The molecule has 5 nitrogen and oxygen atoms in total. The molecule has 0 saturated heterocycles. The Balaban J connectivity index is 1.77. The summed E-state index contributed by atoms with van der Waals surface area (Å²) in [6, 6.07) is 11.7. The van der Waals surface area contributed by atoms with Crippen LogP contribution in [0.1, 0.15) is 31.9 Å². The van der Waals surface area contributed by atoms with Crippen molar-refractivity contribution < 1.29 is 4.79 Å². The standard InChI is InChI=1S/C24H26N4O/c1-16(2)27-23-10-9-19(13-22(23)17(3)25)20-12-21(15-26-14-20)28-24(29)11-18-7-5-4-6-8-18/h4-10,12-16,22,25H,11H2,1-3H3,(H,28,29). The van der Waals surface area contributed by atoms with E-state index in [2.05, 4.69) is 15.3 Å². The maximum Gasteiger partial charge on any atom is 0.228 e. The Labute approximate surface area is 171 Å². The predicted octanol–water partition coefficient (Wildman–Crippen LogP) is 4.72. The number of carbonyl (C=O) groups excluding carboxylic acids is 1. The molecule has 0 aliphatic heterocycles. The quantitative estimate of drug-likeness (QED) is 0.705. The normalized spacial score (nSPS) is 17.3. The highest BCUT2D eigenvalue weighted by Gasteiger charge is 2.19. The summed E-state index contributed by atoms with van der Waals surface area (Å²) in [6.45, 7) is 5.86. The number of amides is 1. The summed E-state index contributed by atoms with van der Waals surface area (Å²) in [4.78, 5) is 21.3. The summed E-state index contributed by atoms with van der Waals surface area (Å²) in [5.41, 5.74) is 4.93. The van der Waals surface area contributed by atoms with Crippen molar-refractivity contribution in [3.8, 4) is 0 Å². The first-order valence-corrected chi connectivity index (χ1v) is 9.74. The van der Waals surface area contributed by atoms with Crippen LogP contribution in [-0.4, -0.2) is 28.4 Å². The average molecular weight is 386 g/mol. The summed E-state index contributed by atoms with van der Waals surface area (Å²) in [6.07, 6.45) is 9.73. The fraction of sp³-hybridized carbons (Fsp3) is 0.250. The van der Waals surface area contributed by atoms with Gasteiger partial charge in [0.15, 0.2) is 0 Å². The number of carbonyl (C=O) groups is 1. The summed E-state index contributed by atoms with van der Waals surface area (Å²) in [5, 5.41) is 11.0. The second-order valence-corrected chi connectivity index (χ2v) is 7.44. The van der Waals surface area contributed by atoms with Crippen molar-refractivity contribution in [3.63, 3.8) is 0 Å². The van der Waals surface area contributed by atoms with Gasteiger partial charge >= 0.3 is 0 Å². The number of hydrogen-bond acceptors (Lipinski definition) is 4. The van der Waals surface area contributed by atoms with Crippen LogP contribution in [0.15, 0.2) is 72.0 Å². The molecule has 0 saturated carbocycles. The van der Waals surface area contributed by atoms with Crippen LogP contribution in [0.2, 0.25) is 0 Å². The van der Waals surface area contributed by atoms with Crippen molar-refractivity contribution in [3.05, 3.63) is 78.1 Å². The zero-order chi connectivity index (χ0) is 20.8. The van der Waals surface area contributed by atoms with E-state index < -0.39 is 0 Å². The van der Waals surface area contributed by atoms with E-state index in [0.717, 1.165) is 22.4 Å². The van der Waals surface area contributed by atoms with Crippen molar-refractivity contribution in [1.29, 1.82) is 5.41 Å². The molecule has 0 spiro atoms. The van der Waals surface area contributed by atoms with Gasteiger partial charge < -0.3 is 10.7 Å². The topological polar surface area (TPSA) is 78.2 Å². The lowest BCUT2D eigenvalue weighted by atomic mass is 9.88. The number of hydrogen-bond donors (Lipinski definition) is 2. The van der Waals surface area contributed by atoms with E-state index in [1.165, 1.54) is 0 Å². The van der Waals surface area contributed by atoms with Gasteiger partial charge in [-0.05, 0) is 44.1 Å². The summed E-state index contributed by atoms with van der Waals surface area (Å²) >= 11 is 0. The molecule has 29 heavy (non-hydrogen) atoms. The molecule has 1 aromatic heterocycles. The van der Waals surface area contributed by atoms with Gasteiger partial charge in [-0.2, -0.15) is 0 Å². The third kappa shape index (κ3) is 5.57. The van der Waals surface area contributed by atoms with Gasteiger partial charge in [-0.15, -0.1) is 0 Å². The molecule has 148 valence electrons. The van der Waals surface area contributed by atoms with Gasteiger partial charge in [0.05, 0.1) is 24.2 Å². The van der Waals surface area contributed by atoms with Crippen molar-refractivity contribution in [1.82, 2.24) is 4.98 Å². The highest BCUT2D eigenvalue weighted by atomic mass is 16.1. The molecule has 1 heterocycles. The molecule has 1 unspecified atom stereocenters. The molecule has 1 aromatic carbocycles. The van der Waals surface area contributed by atoms with Gasteiger partial charge in [-0.3, -0.25) is 14.8 Å². The Hall–Kier alpha value is -3.34. The molecule has 1 atom stereocenters. The van der Waals surface area contributed by atoms with Crippen LogP contribution in [0.25, 0.3) is 5.57 Å². The lowest BCUT2D eigenvalue weighted by Crippen LogP contribution is -2.21. The number of aromatic nitrogens is 1. The lowest BCUT2D eigenvalue weighted by Gasteiger charge is -2.19. The maximum absolute atomic E-state index is 12.3. The Bertz CT molecular complexity index is 987. The zero-order valence-corrected chi connectivity index (χ0v) is 17.0. The van der Waals surface area contributed by atoms with E-state index in [4.69, 9.17) is 5.41 Å². The third-order valence-corrected chi connectivity index (χ3v) is 4.54. The molecular weight excluding hydrogens is 360 g/mol. The second kappa shape index (κ2) is 9.24. The van der Waals surface area contributed by atoms with Crippen LogP contribution in [0.3, 0.4) is 0 Å². The van der Waals surface area contributed by atoms with Crippen molar-refractivity contribution in [2.24, 2.45) is 10.9 Å².